The van der Waals surface area contributed by atoms with Crippen LogP contribution in [0.3, 0.4) is 0 Å². The number of halogens is 3. The molecule has 0 aliphatic carbocycles. The lowest BCUT2D eigenvalue weighted by atomic mass is 9.94. The quantitative estimate of drug-likeness (QED) is 0.136. The molecular weight excluding hydrogens is 541 g/mol. The maximum atomic E-state index is 13.5. The van der Waals surface area contributed by atoms with Crippen LogP contribution in [0.4, 0.5) is 0 Å². The van der Waals surface area contributed by atoms with E-state index >= 15 is 0 Å². The Morgan fingerprint density at radius 2 is 1.84 bits per heavy atom. The Hall–Kier alpha value is -2.54. The number of benzene rings is 1. The molecule has 4 rings (SSSR count). The SMILES string of the molecule is Cc1ccccc1-c1nc(Cl)c(C(=NC(=O)Cc2c(Cl)ncnc2C(C)C)N2C[C@@H](C)CC[C@@H]2C)cc1Cl. The van der Waals surface area contributed by atoms with Gasteiger partial charge in [0.05, 0.1) is 28.4 Å². The number of nitrogens with zero attached hydrogens (tertiary/aromatic N) is 5. The van der Waals surface area contributed by atoms with Crippen molar-refractivity contribution in [2.75, 3.05) is 6.54 Å². The van der Waals surface area contributed by atoms with Crippen LogP contribution in [0.1, 0.15) is 68.8 Å². The van der Waals surface area contributed by atoms with Gasteiger partial charge in [0, 0.05) is 23.7 Å². The average molecular weight is 573 g/mol. The van der Waals surface area contributed by atoms with Crippen molar-refractivity contribution in [3.05, 3.63) is 74.4 Å². The summed E-state index contributed by atoms with van der Waals surface area (Å²) in [4.78, 5) is 33.4. The monoisotopic (exact) mass is 571 g/mol. The van der Waals surface area contributed by atoms with E-state index in [9.17, 15) is 4.79 Å². The van der Waals surface area contributed by atoms with Gasteiger partial charge < -0.3 is 4.90 Å². The van der Waals surface area contributed by atoms with E-state index in [1.807, 2.05) is 45.0 Å². The first kappa shape index (κ1) is 28.5. The van der Waals surface area contributed by atoms with Gasteiger partial charge in [-0.25, -0.2) is 15.0 Å². The lowest BCUT2D eigenvalue weighted by Crippen LogP contribution is -2.46. The highest BCUT2D eigenvalue weighted by Crippen LogP contribution is 2.34. The molecule has 1 aromatic carbocycles. The third-order valence-electron chi connectivity index (χ3n) is 6.99. The van der Waals surface area contributed by atoms with Gasteiger partial charge in [-0.1, -0.05) is 79.8 Å². The Kier molecular flexibility index (Phi) is 9.07. The summed E-state index contributed by atoms with van der Waals surface area (Å²) >= 11 is 20.0. The number of rotatable bonds is 5. The summed E-state index contributed by atoms with van der Waals surface area (Å²) in [6.45, 7) is 11.1. The van der Waals surface area contributed by atoms with E-state index in [1.165, 1.54) is 6.33 Å². The average Bonchev–Trinajstić information content (AvgIpc) is 2.87. The maximum Gasteiger partial charge on any atom is 0.252 e. The van der Waals surface area contributed by atoms with Crippen molar-refractivity contribution in [1.82, 2.24) is 19.9 Å². The van der Waals surface area contributed by atoms with E-state index in [1.54, 1.807) is 6.07 Å². The first-order chi connectivity index (χ1) is 18.1. The zero-order chi connectivity index (χ0) is 27.6. The number of likely N-dealkylation sites (tertiary alicyclic amines) is 1. The molecule has 1 amide bonds. The molecule has 0 N–H and O–H groups in total. The van der Waals surface area contributed by atoms with Crippen molar-refractivity contribution >= 4 is 46.5 Å². The van der Waals surface area contributed by atoms with Gasteiger partial charge in [-0.05, 0) is 50.2 Å². The number of piperidine rings is 1. The summed E-state index contributed by atoms with van der Waals surface area (Å²) in [7, 11) is 0. The Bertz CT molecular complexity index is 1370. The van der Waals surface area contributed by atoms with Gasteiger partial charge in [-0.2, -0.15) is 4.99 Å². The molecule has 3 aromatic rings. The normalized spacial score (nSPS) is 18.2. The highest BCUT2D eigenvalue weighted by Gasteiger charge is 2.30. The molecule has 1 aliphatic heterocycles. The topological polar surface area (TPSA) is 71.3 Å². The standard InChI is InChI=1S/C29H32Cl3N5O/c1-16(2)25-21(27(31)34-15-33-25)13-24(38)35-29(37-14-17(3)10-11-19(37)5)22-12-23(30)26(36-28(22)32)20-9-7-6-8-18(20)4/h6-9,12,15-17,19H,10-11,13-14H2,1-5H3/t17-,19-/m0/s1. The van der Waals surface area contributed by atoms with Crippen LogP contribution in [0.5, 0.6) is 0 Å². The molecule has 200 valence electrons. The molecule has 0 radical (unpaired) electrons. The van der Waals surface area contributed by atoms with E-state index in [-0.39, 0.29) is 34.6 Å². The summed E-state index contributed by atoms with van der Waals surface area (Å²) in [6.07, 6.45) is 3.48. The Labute approximate surface area is 239 Å². The summed E-state index contributed by atoms with van der Waals surface area (Å²) in [5.74, 6) is 0.628. The van der Waals surface area contributed by atoms with E-state index in [0.29, 0.717) is 33.6 Å². The Morgan fingerprint density at radius 3 is 2.55 bits per heavy atom. The zero-order valence-corrected chi connectivity index (χ0v) is 24.6. The van der Waals surface area contributed by atoms with E-state index in [2.05, 4.69) is 38.7 Å². The van der Waals surface area contributed by atoms with Crippen molar-refractivity contribution < 1.29 is 4.79 Å². The van der Waals surface area contributed by atoms with Gasteiger partial charge in [-0.15, -0.1) is 0 Å². The lowest BCUT2D eigenvalue weighted by Gasteiger charge is -2.39. The summed E-state index contributed by atoms with van der Waals surface area (Å²) < 4.78 is 0. The third kappa shape index (κ3) is 6.19. The minimum absolute atomic E-state index is 0.0193. The molecule has 2 aromatic heterocycles. The number of aromatic nitrogens is 3. The molecule has 2 atom stereocenters. The summed E-state index contributed by atoms with van der Waals surface area (Å²) in [5, 5.41) is 0.950. The molecular formula is C29H32Cl3N5O. The van der Waals surface area contributed by atoms with Gasteiger partial charge in [-0.3, -0.25) is 4.79 Å². The fourth-order valence-electron chi connectivity index (χ4n) is 4.89. The fourth-order valence-corrected chi connectivity index (χ4v) is 5.57. The van der Waals surface area contributed by atoms with Crippen molar-refractivity contribution in [1.29, 1.82) is 0 Å². The molecule has 0 unspecified atom stereocenters. The maximum absolute atomic E-state index is 13.5. The molecule has 6 nitrogen and oxygen atoms in total. The highest BCUT2D eigenvalue weighted by atomic mass is 35.5. The van der Waals surface area contributed by atoms with Crippen molar-refractivity contribution in [2.24, 2.45) is 10.9 Å². The number of pyridine rings is 1. The zero-order valence-electron chi connectivity index (χ0n) is 22.3. The molecule has 0 spiro atoms. The van der Waals surface area contributed by atoms with Crippen LogP contribution < -0.4 is 0 Å². The smallest absolute Gasteiger partial charge is 0.252 e. The molecule has 1 fully saturated rings. The second kappa shape index (κ2) is 12.1. The van der Waals surface area contributed by atoms with E-state index in [0.717, 1.165) is 36.2 Å². The Morgan fingerprint density at radius 1 is 1.11 bits per heavy atom. The van der Waals surface area contributed by atoms with Gasteiger partial charge in [0.25, 0.3) is 5.91 Å². The highest BCUT2D eigenvalue weighted by molar-refractivity contribution is 6.36. The molecule has 1 saturated heterocycles. The number of aryl methyl sites for hydroxylation is 1. The number of carbonyl (C=O) groups is 1. The lowest BCUT2D eigenvalue weighted by molar-refractivity contribution is -0.117. The van der Waals surface area contributed by atoms with Gasteiger partial charge in [0.2, 0.25) is 0 Å². The van der Waals surface area contributed by atoms with Crippen LogP contribution in [0.2, 0.25) is 15.3 Å². The molecule has 1 aliphatic rings. The van der Waals surface area contributed by atoms with Gasteiger partial charge in [0.15, 0.2) is 0 Å². The first-order valence-electron chi connectivity index (χ1n) is 12.9. The van der Waals surface area contributed by atoms with Crippen LogP contribution in [0.15, 0.2) is 41.7 Å². The molecule has 38 heavy (non-hydrogen) atoms. The van der Waals surface area contributed by atoms with Crippen molar-refractivity contribution in [3.8, 4) is 11.3 Å². The largest absolute Gasteiger partial charge is 0.353 e. The van der Waals surface area contributed by atoms with Crippen molar-refractivity contribution in [3.63, 3.8) is 0 Å². The van der Waals surface area contributed by atoms with Crippen molar-refractivity contribution in [2.45, 2.75) is 65.8 Å². The number of amidine groups is 1. The molecule has 3 heterocycles. The van der Waals surface area contributed by atoms with Crippen LogP contribution >= 0.6 is 34.8 Å². The number of aliphatic imine (C=N–C) groups is 1. The Balaban J connectivity index is 1.80. The molecule has 9 heteroatoms. The third-order valence-corrected chi connectivity index (χ3v) is 7.89. The summed E-state index contributed by atoms with van der Waals surface area (Å²) in [5.41, 5.74) is 4.40. The predicted molar refractivity (Wildman–Crippen MR) is 155 cm³/mol. The van der Waals surface area contributed by atoms with Crippen LogP contribution in [0.25, 0.3) is 11.3 Å². The van der Waals surface area contributed by atoms with E-state index < -0.39 is 0 Å². The fraction of sp³-hybridized carbons (Fsp3) is 0.414. The number of amides is 1. The minimum Gasteiger partial charge on any atom is -0.353 e. The minimum atomic E-state index is -0.362. The molecule has 0 saturated carbocycles. The number of hydrogen-bond donors (Lipinski definition) is 0. The first-order valence-corrected chi connectivity index (χ1v) is 14.0. The van der Waals surface area contributed by atoms with Crippen LogP contribution in [-0.2, 0) is 11.2 Å². The number of hydrogen-bond acceptors (Lipinski definition) is 4. The van der Waals surface area contributed by atoms with E-state index in [4.69, 9.17) is 34.8 Å². The second-order valence-corrected chi connectivity index (χ2v) is 11.5. The van der Waals surface area contributed by atoms with Crippen LogP contribution in [-0.4, -0.2) is 44.2 Å². The summed E-state index contributed by atoms with van der Waals surface area (Å²) in [6, 6.07) is 9.81. The molecule has 0 bridgehead atoms. The second-order valence-electron chi connectivity index (χ2n) is 10.3. The van der Waals surface area contributed by atoms with Crippen LogP contribution in [0, 0.1) is 12.8 Å². The number of carbonyl (C=O) groups excluding carboxylic acids is 1. The van der Waals surface area contributed by atoms with Gasteiger partial charge in [0.1, 0.15) is 22.5 Å². The van der Waals surface area contributed by atoms with Gasteiger partial charge >= 0.3 is 0 Å². The predicted octanol–water partition coefficient (Wildman–Crippen LogP) is 7.57.